The van der Waals surface area contributed by atoms with Crippen LogP contribution in [0, 0.1) is 6.92 Å². The van der Waals surface area contributed by atoms with Gasteiger partial charge in [-0.3, -0.25) is 9.36 Å². The number of anilines is 1. The number of ether oxygens (including phenoxy) is 2. The predicted molar refractivity (Wildman–Crippen MR) is 119 cm³/mol. The number of benzene rings is 2. The summed E-state index contributed by atoms with van der Waals surface area (Å²) >= 11 is 7.44. The first-order valence-corrected chi connectivity index (χ1v) is 10.6. The molecule has 1 N–H and O–H groups in total. The summed E-state index contributed by atoms with van der Waals surface area (Å²) in [6, 6.07) is 13.0. The number of carbonyl (C=O) groups is 1. The second-order valence-corrected chi connectivity index (χ2v) is 7.83. The Morgan fingerprint density at radius 1 is 1.17 bits per heavy atom. The van der Waals surface area contributed by atoms with Crippen LogP contribution in [0.3, 0.4) is 0 Å². The van der Waals surface area contributed by atoms with E-state index in [1.54, 1.807) is 20.3 Å². The van der Waals surface area contributed by atoms with Crippen LogP contribution in [0.1, 0.15) is 5.56 Å². The van der Waals surface area contributed by atoms with Crippen LogP contribution in [0.2, 0.25) is 5.02 Å². The van der Waals surface area contributed by atoms with Gasteiger partial charge in [0.2, 0.25) is 5.91 Å². The minimum absolute atomic E-state index is 0.146. The predicted octanol–water partition coefficient (Wildman–Crippen LogP) is 4.29. The zero-order chi connectivity index (χ0) is 21.5. The molecule has 0 radical (unpaired) electrons. The molecule has 9 heteroatoms. The van der Waals surface area contributed by atoms with Gasteiger partial charge in [-0.2, -0.15) is 0 Å². The number of nitrogens with zero attached hydrogens (tertiary/aromatic N) is 3. The van der Waals surface area contributed by atoms with E-state index in [0.717, 1.165) is 16.9 Å². The summed E-state index contributed by atoms with van der Waals surface area (Å²) in [5.74, 6) is 1.53. The van der Waals surface area contributed by atoms with E-state index in [1.165, 1.54) is 11.8 Å². The summed E-state index contributed by atoms with van der Waals surface area (Å²) in [5.41, 5.74) is 2.53. The minimum atomic E-state index is -0.146. The molecule has 0 aliphatic rings. The Morgan fingerprint density at radius 3 is 2.60 bits per heavy atom. The number of methoxy groups -OCH3 is 2. The molecule has 1 heterocycles. The average Bonchev–Trinajstić information content (AvgIpc) is 3.16. The third kappa shape index (κ3) is 5.53. The second-order valence-electron chi connectivity index (χ2n) is 6.48. The molecule has 0 atom stereocenters. The van der Waals surface area contributed by atoms with Gasteiger partial charge in [0, 0.05) is 23.4 Å². The maximum Gasteiger partial charge on any atom is 0.234 e. The fourth-order valence-corrected chi connectivity index (χ4v) is 3.68. The normalized spacial score (nSPS) is 10.8. The number of rotatable bonds is 9. The van der Waals surface area contributed by atoms with Crippen LogP contribution in [0.15, 0.2) is 47.6 Å². The van der Waals surface area contributed by atoms with Crippen molar-refractivity contribution in [2.75, 3.05) is 31.9 Å². The summed E-state index contributed by atoms with van der Waals surface area (Å²) in [4.78, 5) is 12.4. The smallest absolute Gasteiger partial charge is 0.234 e. The zero-order valence-corrected chi connectivity index (χ0v) is 18.6. The number of hydrogen-bond acceptors (Lipinski definition) is 6. The molecule has 0 bridgehead atoms. The second kappa shape index (κ2) is 10.5. The Labute approximate surface area is 184 Å². The van der Waals surface area contributed by atoms with Gasteiger partial charge in [0.25, 0.3) is 0 Å². The first-order chi connectivity index (χ1) is 14.5. The molecule has 0 aliphatic carbocycles. The van der Waals surface area contributed by atoms with Gasteiger partial charge in [-0.25, -0.2) is 0 Å². The molecule has 158 valence electrons. The van der Waals surface area contributed by atoms with Gasteiger partial charge in [0.05, 0.1) is 26.0 Å². The highest BCUT2D eigenvalue weighted by atomic mass is 35.5. The first kappa shape index (κ1) is 22.1. The van der Waals surface area contributed by atoms with Crippen molar-refractivity contribution in [3.05, 3.63) is 53.1 Å². The molecule has 0 fully saturated rings. The fourth-order valence-electron chi connectivity index (χ4n) is 2.73. The maximum absolute atomic E-state index is 12.4. The third-order valence-corrected chi connectivity index (χ3v) is 5.75. The SMILES string of the molecule is COCCn1c(SCC(=O)Nc2ccc(C)c(Cl)c2)nnc1-c1ccc(OC)cc1. The van der Waals surface area contributed by atoms with E-state index >= 15 is 0 Å². The summed E-state index contributed by atoms with van der Waals surface area (Å²) in [5, 5.41) is 12.7. The van der Waals surface area contributed by atoms with Crippen LogP contribution >= 0.6 is 23.4 Å². The molecule has 3 aromatic rings. The van der Waals surface area contributed by atoms with E-state index in [-0.39, 0.29) is 11.7 Å². The van der Waals surface area contributed by atoms with Crippen LogP contribution in [0.25, 0.3) is 11.4 Å². The number of thioether (sulfide) groups is 1. The number of carbonyl (C=O) groups excluding carboxylic acids is 1. The highest BCUT2D eigenvalue weighted by Gasteiger charge is 2.16. The molecule has 1 aromatic heterocycles. The summed E-state index contributed by atoms with van der Waals surface area (Å²) in [6.45, 7) is 2.99. The Hall–Kier alpha value is -2.55. The molecule has 30 heavy (non-hydrogen) atoms. The fraction of sp³-hybridized carbons (Fsp3) is 0.286. The lowest BCUT2D eigenvalue weighted by molar-refractivity contribution is -0.113. The van der Waals surface area contributed by atoms with E-state index in [9.17, 15) is 4.79 Å². The van der Waals surface area contributed by atoms with Crippen molar-refractivity contribution in [3.63, 3.8) is 0 Å². The molecule has 1 amide bonds. The largest absolute Gasteiger partial charge is 0.497 e. The molecule has 0 saturated carbocycles. The number of aryl methyl sites for hydroxylation is 1. The Morgan fingerprint density at radius 2 is 1.93 bits per heavy atom. The van der Waals surface area contributed by atoms with Gasteiger partial charge in [-0.1, -0.05) is 29.4 Å². The van der Waals surface area contributed by atoms with Crippen LogP contribution < -0.4 is 10.1 Å². The highest BCUT2D eigenvalue weighted by Crippen LogP contribution is 2.26. The van der Waals surface area contributed by atoms with Crippen molar-refractivity contribution in [1.82, 2.24) is 14.8 Å². The summed E-state index contributed by atoms with van der Waals surface area (Å²) in [7, 11) is 3.27. The van der Waals surface area contributed by atoms with Crippen molar-refractivity contribution in [1.29, 1.82) is 0 Å². The van der Waals surface area contributed by atoms with Gasteiger partial charge in [0.1, 0.15) is 5.75 Å². The monoisotopic (exact) mass is 446 g/mol. The molecule has 2 aromatic carbocycles. The Balaban J connectivity index is 1.72. The lowest BCUT2D eigenvalue weighted by Gasteiger charge is -2.10. The van der Waals surface area contributed by atoms with E-state index in [1.807, 2.05) is 47.9 Å². The van der Waals surface area contributed by atoms with Crippen molar-refractivity contribution in [2.45, 2.75) is 18.6 Å². The van der Waals surface area contributed by atoms with Crippen molar-refractivity contribution >= 4 is 35.0 Å². The Kier molecular flexibility index (Phi) is 7.73. The van der Waals surface area contributed by atoms with Crippen molar-refractivity contribution in [3.8, 4) is 17.1 Å². The lowest BCUT2D eigenvalue weighted by Crippen LogP contribution is -2.15. The number of halogens is 1. The van der Waals surface area contributed by atoms with Gasteiger partial charge >= 0.3 is 0 Å². The number of nitrogens with one attached hydrogen (secondary N) is 1. The van der Waals surface area contributed by atoms with Gasteiger partial charge in [-0.15, -0.1) is 10.2 Å². The molecular weight excluding hydrogens is 424 g/mol. The van der Waals surface area contributed by atoms with E-state index in [0.29, 0.717) is 34.8 Å². The van der Waals surface area contributed by atoms with E-state index < -0.39 is 0 Å². The zero-order valence-electron chi connectivity index (χ0n) is 17.0. The quantitative estimate of drug-likeness (QED) is 0.494. The van der Waals surface area contributed by atoms with E-state index in [2.05, 4.69) is 15.5 Å². The van der Waals surface area contributed by atoms with Crippen LogP contribution in [-0.2, 0) is 16.1 Å². The molecule has 0 saturated heterocycles. The van der Waals surface area contributed by atoms with Crippen LogP contribution in [0.5, 0.6) is 5.75 Å². The maximum atomic E-state index is 12.4. The van der Waals surface area contributed by atoms with Gasteiger partial charge in [-0.05, 0) is 48.9 Å². The van der Waals surface area contributed by atoms with Crippen LogP contribution in [0.4, 0.5) is 5.69 Å². The molecular formula is C21H23ClN4O3S. The first-order valence-electron chi connectivity index (χ1n) is 9.27. The number of amides is 1. The van der Waals surface area contributed by atoms with Crippen molar-refractivity contribution < 1.29 is 14.3 Å². The van der Waals surface area contributed by atoms with Gasteiger partial charge < -0.3 is 14.8 Å². The molecule has 0 aliphatic heterocycles. The van der Waals surface area contributed by atoms with Gasteiger partial charge in [0.15, 0.2) is 11.0 Å². The highest BCUT2D eigenvalue weighted by molar-refractivity contribution is 7.99. The molecule has 7 nitrogen and oxygen atoms in total. The topological polar surface area (TPSA) is 78.3 Å². The summed E-state index contributed by atoms with van der Waals surface area (Å²) in [6.07, 6.45) is 0. The molecule has 0 unspecified atom stereocenters. The standard InChI is InChI=1S/C21H23ClN4O3S/c1-14-4-7-16(12-18(14)22)23-19(27)13-30-21-25-24-20(26(21)10-11-28-2)15-5-8-17(29-3)9-6-15/h4-9,12H,10-11,13H2,1-3H3,(H,23,27). The lowest BCUT2D eigenvalue weighted by atomic mass is 10.2. The van der Waals surface area contributed by atoms with Crippen LogP contribution in [-0.4, -0.2) is 47.3 Å². The average molecular weight is 447 g/mol. The minimum Gasteiger partial charge on any atom is -0.497 e. The number of hydrogen-bond donors (Lipinski definition) is 1. The Bertz CT molecular complexity index is 1010. The van der Waals surface area contributed by atoms with Crippen molar-refractivity contribution in [2.24, 2.45) is 0 Å². The van der Waals surface area contributed by atoms with E-state index in [4.69, 9.17) is 21.1 Å². The molecule has 3 rings (SSSR count). The molecule has 0 spiro atoms. The third-order valence-electron chi connectivity index (χ3n) is 4.37. The number of aromatic nitrogens is 3. The summed E-state index contributed by atoms with van der Waals surface area (Å²) < 4.78 is 12.4.